The summed E-state index contributed by atoms with van der Waals surface area (Å²) in [7, 11) is 3.15. The van der Waals surface area contributed by atoms with Crippen molar-refractivity contribution in [2.24, 2.45) is 0 Å². The van der Waals surface area contributed by atoms with Crippen LogP contribution in [-0.2, 0) is 14.3 Å². The van der Waals surface area contributed by atoms with Crippen LogP contribution in [0.4, 0.5) is 0 Å². The van der Waals surface area contributed by atoms with Gasteiger partial charge in [-0.2, -0.15) is 0 Å². The molecule has 0 atom stereocenters. The lowest BCUT2D eigenvalue weighted by molar-refractivity contribution is -0.139. The van der Waals surface area contributed by atoms with E-state index in [-0.39, 0.29) is 12.6 Å². The molecule has 0 saturated carbocycles. The molecule has 0 bridgehead atoms. The minimum atomic E-state index is -0.352. The molecule has 0 aliphatic heterocycles. The number of esters is 1. The van der Waals surface area contributed by atoms with Crippen molar-refractivity contribution in [3.8, 4) is 5.75 Å². The summed E-state index contributed by atoms with van der Waals surface area (Å²) in [5, 5.41) is 0. The van der Waals surface area contributed by atoms with Gasteiger partial charge in [0.2, 0.25) is 0 Å². The zero-order valence-electron chi connectivity index (χ0n) is 10.9. The van der Waals surface area contributed by atoms with Gasteiger partial charge < -0.3 is 14.2 Å². The Labute approximate surface area is 107 Å². The van der Waals surface area contributed by atoms with Gasteiger partial charge >= 0.3 is 5.97 Å². The number of carbonyl (C=O) groups is 1. The summed E-state index contributed by atoms with van der Waals surface area (Å²) in [6.45, 7) is 2.35. The maximum atomic E-state index is 11.7. The molecular formula is C14H18O4. The quantitative estimate of drug-likeness (QED) is 0.574. The van der Waals surface area contributed by atoms with Crippen molar-refractivity contribution in [1.82, 2.24) is 0 Å². The maximum Gasteiger partial charge on any atom is 0.336 e. The second-order valence-corrected chi connectivity index (χ2v) is 3.60. The van der Waals surface area contributed by atoms with Crippen LogP contribution in [0.1, 0.15) is 12.5 Å². The van der Waals surface area contributed by atoms with Crippen LogP contribution in [0.25, 0.3) is 6.08 Å². The summed E-state index contributed by atoms with van der Waals surface area (Å²) < 4.78 is 15.0. The van der Waals surface area contributed by atoms with E-state index in [4.69, 9.17) is 14.2 Å². The van der Waals surface area contributed by atoms with Gasteiger partial charge in [-0.05, 0) is 30.7 Å². The minimum absolute atomic E-state index is 0.227. The van der Waals surface area contributed by atoms with Crippen molar-refractivity contribution in [2.75, 3.05) is 27.4 Å². The van der Waals surface area contributed by atoms with Crippen LogP contribution in [0.15, 0.2) is 29.8 Å². The fraction of sp³-hybridized carbons (Fsp3) is 0.357. The number of carbonyl (C=O) groups excluding carboxylic acids is 1. The van der Waals surface area contributed by atoms with E-state index in [0.29, 0.717) is 12.2 Å². The van der Waals surface area contributed by atoms with Gasteiger partial charge in [0.1, 0.15) is 5.75 Å². The van der Waals surface area contributed by atoms with Gasteiger partial charge in [0, 0.05) is 7.11 Å². The van der Waals surface area contributed by atoms with Gasteiger partial charge in [0.25, 0.3) is 0 Å². The molecule has 0 radical (unpaired) electrons. The van der Waals surface area contributed by atoms with Crippen LogP contribution in [0.3, 0.4) is 0 Å². The molecule has 0 heterocycles. The highest BCUT2D eigenvalue weighted by molar-refractivity contribution is 5.94. The standard InChI is InChI=1S/C14H18O4/c1-4-18-14(15)12(10-16-2)9-11-5-7-13(17-3)8-6-11/h5-9H,4,10H2,1-3H3/b12-9-. The van der Waals surface area contributed by atoms with Crippen molar-refractivity contribution < 1.29 is 19.0 Å². The predicted octanol–water partition coefficient (Wildman–Crippen LogP) is 2.29. The Bertz CT molecular complexity index is 406. The molecule has 0 saturated heterocycles. The zero-order valence-corrected chi connectivity index (χ0v) is 10.9. The summed E-state index contributed by atoms with van der Waals surface area (Å²) in [5.74, 6) is 0.423. The van der Waals surface area contributed by atoms with Gasteiger partial charge in [-0.25, -0.2) is 4.79 Å². The van der Waals surface area contributed by atoms with Crippen LogP contribution in [0.5, 0.6) is 5.75 Å². The fourth-order valence-electron chi connectivity index (χ4n) is 1.44. The third-order valence-corrected chi connectivity index (χ3v) is 2.29. The van der Waals surface area contributed by atoms with Gasteiger partial charge in [0.05, 0.1) is 25.9 Å². The molecule has 0 aromatic heterocycles. The smallest absolute Gasteiger partial charge is 0.336 e. The molecule has 1 aromatic rings. The van der Waals surface area contributed by atoms with Crippen molar-refractivity contribution >= 4 is 12.0 Å². The molecule has 0 aliphatic rings. The average Bonchev–Trinajstić information content (AvgIpc) is 2.39. The summed E-state index contributed by atoms with van der Waals surface area (Å²) >= 11 is 0. The van der Waals surface area contributed by atoms with E-state index >= 15 is 0 Å². The first kappa shape index (κ1) is 14.3. The SMILES string of the molecule is CCOC(=O)/C(=C\c1ccc(OC)cc1)COC. The Hall–Kier alpha value is -1.81. The highest BCUT2D eigenvalue weighted by Crippen LogP contribution is 2.14. The van der Waals surface area contributed by atoms with Gasteiger partial charge in [-0.15, -0.1) is 0 Å². The van der Waals surface area contributed by atoms with Crippen LogP contribution >= 0.6 is 0 Å². The fourth-order valence-corrected chi connectivity index (χ4v) is 1.44. The molecule has 0 spiro atoms. The minimum Gasteiger partial charge on any atom is -0.497 e. The van der Waals surface area contributed by atoms with Crippen molar-refractivity contribution in [2.45, 2.75) is 6.92 Å². The van der Waals surface area contributed by atoms with Crippen molar-refractivity contribution in [3.05, 3.63) is 35.4 Å². The van der Waals surface area contributed by atoms with Crippen LogP contribution in [-0.4, -0.2) is 33.4 Å². The second-order valence-electron chi connectivity index (χ2n) is 3.60. The Balaban J connectivity index is 2.88. The maximum absolute atomic E-state index is 11.7. The topological polar surface area (TPSA) is 44.8 Å². The molecule has 1 rings (SSSR count). The summed E-state index contributed by atoms with van der Waals surface area (Å²) in [6.07, 6.45) is 1.75. The summed E-state index contributed by atoms with van der Waals surface area (Å²) in [4.78, 5) is 11.7. The van der Waals surface area contributed by atoms with Gasteiger partial charge in [0.15, 0.2) is 0 Å². The Morgan fingerprint density at radius 3 is 2.39 bits per heavy atom. The summed E-state index contributed by atoms with van der Waals surface area (Å²) in [5.41, 5.74) is 1.39. The predicted molar refractivity (Wildman–Crippen MR) is 69.5 cm³/mol. The number of hydrogen-bond donors (Lipinski definition) is 0. The Kier molecular flexibility index (Phi) is 5.94. The highest BCUT2D eigenvalue weighted by Gasteiger charge is 2.10. The van der Waals surface area contributed by atoms with E-state index in [1.165, 1.54) is 0 Å². The lowest BCUT2D eigenvalue weighted by Crippen LogP contribution is -2.11. The molecule has 0 amide bonds. The van der Waals surface area contributed by atoms with E-state index in [1.807, 2.05) is 24.3 Å². The Morgan fingerprint density at radius 1 is 1.22 bits per heavy atom. The molecule has 98 valence electrons. The lowest BCUT2D eigenvalue weighted by Gasteiger charge is -2.06. The number of benzene rings is 1. The first-order valence-corrected chi connectivity index (χ1v) is 5.72. The molecule has 18 heavy (non-hydrogen) atoms. The van der Waals surface area contributed by atoms with Crippen molar-refractivity contribution in [1.29, 1.82) is 0 Å². The number of rotatable bonds is 6. The first-order valence-electron chi connectivity index (χ1n) is 5.72. The van der Waals surface area contributed by atoms with E-state index in [0.717, 1.165) is 11.3 Å². The van der Waals surface area contributed by atoms with Gasteiger partial charge in [-0.3, -0.25) is 0 Å². The molecule has 0 N–H and O–H groups in total. The van der Waals surface area contributed by atoms with E-state index in [9.17, 15) is 4.79 Å². The molecular weight excluding hydrogens is 232 g/mol. The van der Waals surface area contributed by atoms with Crippen LogP contribution in [0.2, 0.25) is 0 Å². The highest BCUT2D eigenvalue weighted by atomic mass is 16.5. The van der Waals surface area contributed by atoms with E-state index in [1.54, 1.807) is 27.2 Å². The van der Waals surface area contributed by atoms with Gasteiger partial charge in [-0.1, -0.05) is 12.1 Å². The number of ether oxygens (including phenoxy) is 3. The largest absolute Gasteiger partial charge is 0.497 e. The number of methoxy groups -OCH3 is 2. The third kappa shape index (κ3) is 4.22. The van der Waals surface area contributed by atoms with Crippen molar-refractivity contribution in [3.63, 3.8) is 0 Å². The zero-order chi connectivity index (χ0) is 13.4. The van der Waals surface area contributed by atoms with E-state index < -0.39 is 0 Å². The first-order chi connectivity index (χ1) is 8.71. The average molecular weight is 250 g/mol. The second kappa shape index (κ2) is 7.50. The lowest BCUT2D eigenvalue weighted by atomic mass is 10.1. The normalized spacial score (nSPS) is 11.2. The molecule has 0 aliphatic carbocycles. The molecule has 1 aromatic carbocycles. The van der Waals surface area contributed by atoms with E-state index in [2.05, 4.69) is 0 Å². The summed E-state index contributed by atoms with van der Waals surface area (Å²) in [6, 6.07) is 7.41. The third-order valence-electron chi connectivity index (χ3n) is 2.29. The molecule has 4 heteroatoms. The van der Waals surface area contributed by atoms with Crippen LogP contribution in [0, 0.1) is 0 Å². The monoisotopic (exact) mass is 250 g/mol. The number of hydrogen-bond acceptors (Lipinski definition) is 4. The van der Waals surface area contributed by atoms with Crippen LogP contribution < -0.4 is 4.74 Å². The Morgan fingerprint density at radius 2 is 1.89 bits per heavy atom. The molecule has 0 unspecified atom stereocenters. The molecule has 0 fully saturated rings. The molecule has 4 nitrogen and oxygen atoms in total.